The molecule has 1 atom stereocenters. The van der Waals surface area contributed by atoms with Gasteiger partial charge >= 0.3 is 5.97 Å². The SMILES string of the molecule is COC(=O)C(C1CCOCC1)n1cc(C2CC2)nn1. The second-order valence-electron chi connectivity index (χ2n) is 5.32. The average Bonchev–Trinajstić information content (AvgIpc) is 3.20. The zero-order valence-electron chi connectivity index (χ0n) is 11.1. The third-order valence-corrected chi connectivity index (χ3v) is 3.96. The molecule has 6 heteroatoms. The van der Waals surface area contributed by atoms with Crippen LogP contribution in [0.15, 0.2) is 6.20 Å². The zero-order valence-corrected chi connectivity index (χ0v) is 11.1. The summed E-state index contributed by atoms with van der Waals surface area (Å²) < 4.78 is 12.0. The smallest absolute Gasteiger partial charge is 0.331 e. The predicted molar refractivity (Wildman–Crippen MR) is 66.6 cm³/mol. The highest BCUT2D eigenvalue weighted by molar-refractivity contribution is 5.74. The van der Waals surface area contributed by atoms with Crippen molar-refractivity contribution in [1.29, 1.82) is 0 Å². The number of methoxy groups -OCH3 is 1. The molecule has 1 aliphatic carbocycles. The summed E-state index contributed by atoms with van der Waals surface area (Å²) in [5.74, 6) is 0.524. The van der Waals surface area contributed by atoms with Crippen LogP contribution in [0.3, 0.4) is 0 Å². The molecule has 0 amide bonds. The number of carbonyl (C=O) groups is 1. The molecule has 1 unspecified atom stereocenters. The monoisotopic (exact) mass is 265 g/mol. The molecule has 0 radical (unpaired) electrons. The van der Waals surface area contributed by atoms with Gasteiger partial charge in [-0.05, 0) is 31.6 Å². The molecular formula is C13H19N3O3. The van der Waals surface area contributed by atoms with E-state index in [2.05, 4.69) is 10.3 Å². The zero-order chi connectivity index (χ0) is 13.2. The van der Waals surface area contributed by atoms with Gasteiger partial charge in [0.15, 0.2) is 6.04 Å². The van der Waals surface area contributed by atoms with E-state index in [9.17, 15) is 4.79 Å². The van der Waals surface area contributed by atoms with Crippen molar-refractivity contribution in [3.63, 3.8) is 0 Å². The van der Waals surface area contributed by atoms with Gasteiger partial charge in [-0.2, -0.15) is 0 Å². The van der Waals surface area contributed by atoms with E-state index in [0.717, 1.165) is 18.5 Å². The van der Waals surface area contributed by atoms with Gasteiger partial charge in [0.1, 0.15) is 0 Å². The first-order chi connectivity index (χ1) is 9.29. The molecule has 1 aliphatic heterocycles. The molecule has 1 saturated carbocycles. The lowest BCUT2D eigenvalue weighted by molar-refractivity contribution is -0.148. The number of esters is 1. The fourth-order valence-electron chi connectivity index (χ4n) is 2.66. The molecule has 1 saturated heterocycles. The lowest BCUT2D eigenvalue weighted by Gasteiger charge is -2.28. The first-order valence-corrected chi connectivity index (χ1v) is 6.87. The molecule has 1 aromatic rings. The van der Waals surface area contributed by atoms with Crippen molar-refractivity contribution in [1.82, 2.24) is 15.0 Å². The molecule has 0 N–H and O–H groups in total. The molecule has 2 fully saturated rings. The van der Waals surface area contributed by atoms with Crippen molar-refractivity contribution in [2.24, 2.45) is 5.92 Å². The molecule has 0 spiro atoms. The minimum absolute atomic E-state index is 0.218. The van der Waals surface area contributed by atoms with Crippen molar-refractivity contribution >= 4 is 5.97 Å². The van der Waals surface area contributed by atoms with E-state index in [4.69, 9.17) is 9.47 Å². The second-order valence-corrected chi connectivity index (χ2v) is 5.32. The van der Waals surface area contributed by atoms with E-state index in [1.165, 1.54) is 20.0 Å². The standard InChI is InChI=1S/C13H19N3O3/c1-18-13(17)12(10-4-6-19-7-5-10)16-8-11(14-15-16)9-2-3-9/h8-10,12H,2-7H2,1H3. The predicted octanol–water partition coefficient (Wildman–Crippen LogP) is 1.30. The quantitative estimate of drug-likeness (QED) is 0.768. The number of rotatable bonds is 4. The maximum Gasteiger partial charge on any atom is 0.331 e. The van der Waals surface area contributed by atoms with Gasteiger partial charge in [0.2, 0.25) is 0 Å². The number of carbonyl (C=O) groups excluding carboxylic acids is 1. The van der Waals surface area contributed by atoms with Crippen molar-refractivity contribution < 1.29 is 14.3 Å². The highest BCUT2D eigenvalue weighted by Crippen LogP contribution is 2.39. The minimum atomic E-state index is -0.367. The Kier molecular flexibility index (Phi) is 3.50. The minimum Gasteiger partial charge on any atom is -0.467 e. The Morgan fingerprint density at radius 1 is 1.42 bits per heavy atom. The molecule has 6 nitrogen and oxygen atoms in total. The van der Waals surface area contributed by atoms with Crippen molar-refractivity contribution in [3.8, 4) is 0 Å². The highest BCUT2D eigenvalue weighted by atomic mass is 16.5. The van der Waals surface area contributed by atoms with E-state index in [0.29, 0.717) is 19.1 Å². The van der Waals surface area contributed by atoms with Gasteiger partial charge in [-0.1, -0.05) is 5.21 Å². The Hall–Kier alpha value is -1.43. The van der Waals surface area contributed by atoms with Crippen LogP contribution in [0.1, 0.15) is 43.3 Å². The van der Waals surface area contributed by atoms with Crippen LogP contribution in [0.4, 0.5) is 0 Å². The van der Waals surface area contributed by atoms with Crippen LogP contribution in [-0.2, 0) is 14.3 Å². The summed E-state index contributed by atoms with van der Waals surface area (Å²) in [4.78, 5) is 12.1. The first kappa shape index (κ1) is 12.6. The molecular weight excluding hydrogens is 246 g/mol. The van der Waals surface area contributed by atoms with Gasteiger partial charge in [0, 0.05) is 25.3 Å². The number of ether oxygens (including phenoxy) is 2. The van der Waals surface area contributed by atoms with Crippen LogP contribution in [0.2, 0.25) is 0 Å². The van der Waals surface area contributed by atoms with Crippen LogP contribution >= 0.6 is 0 Å². The molecule has 2 heterocycles. The molecule has 19 heavy (non-hydrogen) atoms. The molecule has 0 aromatic carbocycles. The van der Waals surface area contributed by atoms with Crippen LogP contribution in [0, 0.1) is 5.92 Å². The largest absolute Gasteiger partial charge is 0.467 e. The third kappa shape index (κ3) is 2.63. The third-order valence-electron chi connectivity index (χ3n) is 3.96. The Balaban J connectivity index is 1.81. The maximum atomic E-state index is 12.1. The summed E-state index contributed by atoms with van der Waals surface area (Å²) in [5, 5.41) is 8.33. The van der Waals surface area contributed by atoms with Gasteiger partial charge in [0.05, 0.1) is 12.8 Å². The number of hydrogen-bond donors (Lipinski definition) is 0. The first-order valence-electron chi connectivity index (χ1n) is 6.87. The summed E-state index contributed by atoms with van der Waals surface area (Å²) in [6, 6.07) is -0.367. The summed E-state index contributed by atoms with van der Waals surface area (Å²) in [6.45, 7) is 1.39. The van der Waals surface area contributed by atoms with Crippen molar-refractivity contribution in [2.75, 3.05) is 20.3 Å². The fourth-order valence-corrected chi connectivity index (χ4v) is 2.66. The normalized spacial score (nSPS) is 22.2. The van der Waals surface area contributed by atoms with Gasteiger partial charge < -0.3 is 9.47 Å². The number of nitrogens with zero attached hydrogens (tertiary/aromatic N) is 3. The van der Waals surface area contributed by atoms with E-state index >= 15 is 0 Å². The molecule has 1 aromatic heterocycles. The average molecular weight is 265 g/mol. The second kappa shape index (κ2) is 5.28. The topological polar surface area (TPSA) is 66.2 Å². The van der Waals surface area contributed by atoms with Gasteiger partial charge in [-0.3, -0.25) is 0 Å². The summed E-state index contributed by atoms with van der Waals surface area (Å²) in [6.07, 6.45) is 5.99. The lowest BCUT2D eigenvalue weighted by Crippen LogP contribution is -2.32. The molecule has 104 valence electrons. The van der Waals surface area contributed by atoms with Gasteiger partial charge in [0.25, 0.3) is 0 Å². The fraction of sp³-hybridized carbons (Fsp3) is 0.769. The van der Waals surface area contributed by atoms with Crippen LogP contribution in [0.5, 0.6) is 0 Å². The van der Waals surface area contributed by atoms with Crippen molar-refractivity contribution in [3.05, 3.63) is 11.9 Å². The van der Waals surface area contributed by atoms with Gasteiger partial charge in [-0.25, -0.2) is 9.48 Å². The lowest BCUT2D eigenvalue weighted by atomic mass is 9.92. The summed E-state index contributed by atoms with van der Waals surface area (Å²) >= 11 is 0. The Labute approximate surface area is 112 Å². The van der Waals surface area contributed by atoms with Crippen LogP contribution in [-0.4, -0.2) is 41.3 Å². The van der Waals surface area contributed by atoms with E-state index in [-0.39, 0.29) is 17.9 Å². The van der Waals surface area contributed by atoms with Crippen molar-refractivity contribution in [2.45, 2.75) is 37.6 Å². The van der Waals surface area contributed by atoms with Gasteiger partial charge in [-0.15, -0.1) is 5.10 Å². The highest BCUT2D eigenvalue weighted by Gasteiger charge is 2.35. The van der Waals surface area contributed by atoms with Crippen LogP contribution < -0.4 is 0 Å². The Morgan fingerprint density at radius 2 is 2.16 bits per heavy atom. The summed E-state index contributed by atoms with van der Waals surface area (Å²) in [5.41, 5.74) is 1.00. The van der Waals surface area contributed by atoms with Crippen LogP contribution in [0.25, 0.3) is 0 Å². The summed E-state index contributed by atoms with van der Waals surface area (Å²) in [7, 11) is 1.42. The maximum absolute atomic E-state index is 12.1. The number of aromatic nitrogens is 3. The Bertz CT molecular complexity index is 450. The Morgan fingerprint density at radius 3 is 2.79 bits per heavy atom. The van der Waals surface area contributed by atoms with E-state index < -0.39 is 0 Å². The molecule has 0 bridgehead atoms. The van der Waals surface area contributed by atoms with E-state index in [1.54, 1.807) is 4.68 Å². The van der Waals surface area contributed by atoms with E-state index in [1.807, 2.05) is 6.20 Å². The molecule has 2 aliphatic rings. The molecule has 3 rings (SSSR count). The number of hydrogen-bond acceptors (Lipinski definition) is 5.